The lowest BCUT2D eigenvalue weighted by Gasteiger charge is -2.22. The molecule has 1 aliphatic rings. The van der Waals surface area contributed by atoms with Gasteiger partial charge in [-0.05, 0) is 30.9 Å². The van der Waals surface area contributed by atoms with E-state index >= 15 is 0 Å². The first-order chi connectivity index (χ1) is 9.34. The van der Waals surface area contributed by atoms with Gasteiger partial charge in [-0.1, -0.05) is 24.3 Å². The van der Waals surface area contributed by atoms with Gasteiger partial charge in [0, 0.05) is 29.7 Å². The van der Waals surface area contributed by atoms with Crippen LogP contribution in [-0.2, 0) is 4.74 Å². The zero-order valence-electron chi connectivity index (χ0n) is 11.0. The minimum absolute atomic E-state index is 0.602. The van der Waals surface area contributed by atoms with Gasteiger partial charge in [-0.15, -0.1) is 0 Å². The maximum absolute atomic E-state index is 6.00. The monoisotopic (exact) mass is 257 g/mol. The van der Waals surface area contributed by atoms with Gasteiger partial charge in [-0.3, -0.25) is 0 Å². The van der Waals surface area contributed by atoms with Crippen molar-refractivity contribution in [3.8, 4) is 5.75 Å². The smallest absolute Gasteiger partial charge is 0.127 e. The minimum atomic E-state index is 0.602. The molecule has 0 atom stereocenters. The molecule has 1 aliphatic heterocycles. The fourth-order valence-corrected chi connectivity index (χ4v) is 2.54. The lowest BCUT2D eigenvalue weighted by molar-refractivity contribution is 0.0500. The minimum Gasteiger partial charge on any atom is -0.493 e. The van der Waals surface area contributed by atoms with Crippen molar-refractivity contribution in [2.75, 3.05) is 25.6 Å². The van der Waals surface area contributed by atoms with E-state index in [0.29, 0.717) is 5.92 Å². The van der Waals surface area contributed by atoms with Crippen molar-refractivity contribution in [3.05, 3.63) is 36.4 Å². The number of ether oxygens (including phenoxy) is 2. The Hall–Kier alpha value is -1.74. The Morgan fingerprint density at radius 1 is 1.05 bits per heavy atom. The van der Waals surface area contributed by atoms with Gasteiger partial charge >= 0.3 is 0 Å². The van der Waals surface area contributed by atoms with Crippen molar-refractivity contribution in [1.29, 1.82) is 0 Å². The van der Waals surface area contributed by atoms with Crippen molar-refractivity contribution in [3.63, 3.8) is 0 Å². The van der Waals surface area contributed by atoms with Crippen molar-refractivity contribution < 1.29 is 9.47 Å². The number of nitrogens with two attached hydrogens (primary N) is 1. The molecule has 3 heteroatoms. The first-order valence-electron chi connectivity index (χ1n) is 6.82. The van der Waals surface area contributed by atoms with Crippen LogP contribution in [0.5, 0.6) is 5.75 Å². The second-order valence-electron chi connectivity index (χ2n) is 5.07. The lowest BCUT2D eigenvalue weighted by atomic mass is 10.0. The molecule has 0 unspecified atom stereocenters. The molecule has 19 heavy (non-hydrogen) atoms. The molecular formula is C16H19NO2. The molecule has 100 valence electrons. The predicted molar refractivity (Wildman–Crippen MR) is 77.4 cm³/mol. The molecule has 2 aromatic rings. The second kappa shape index (κ2) is 5.49. The molecule has 2 N–H and O–H groups in total. The molecule has 0 spiro atoms. The van der Waals surface area contributed by atoms with Crippen LogP contribution in [0.3, 0.4) is 0 Å². The summed E-state index contributed by atoms with van der Waals surface area (Å²) in [5, 5.41) is 2.15. The van der Waals surface area contributed by atoms with E-state index in [0.717, 1.165) is 54.9 Å². The Labute approximate surface area is 113 Å². The quantitative estimate of drug-likeness (QED) is 0.859. The highest BCUT2D eigenvalue weighted by Gasteiger charge is 2.15. The summed E-state index contributed by atoms with van der Waals surface area (Å²) >= 11 is 0. The van der Waals surface area contributed by atoms with Crippen LogP contribution in [-0.4, -0.2) is 19.8 Å². The Bertz CT molecular complexity index is 562. The number of hydrogen-bond donors (Lipinski definition) is 1. The second-order valence-corrected chi connectivity index (χ2v) is 5.07. The van der Waals surface area contributed by atoms with Crippen molar-refractivity contribution in [2.24, 2.45) is 5.92 Å². The largest absolute Gasteiger partial charge is 0.493 e. The van der Waals surface area contributed by atoms with Crippen LogP contribution in [0.4, 0.5) is 5.69 Å². The van der Waals surface area contributed by atoms with E-state index in [2.05, 4.69) is 6.07 Å². The first-order valence-corrected chi connectivity index (χ1v) is 6.82. The molecule has 3 nitrogen and oxygen atoms in total. The van der Waals surface area contributed by atoms with Crippen LogP contribution < -0.4 is 10.5 Å². The number of rotatable bonds is 3. The third-order valence-corrected chi connectivity index (χ3v) is 3.73. The normalized spacial score (nSPS) is 16.6. The number of hydrogen-bond acceptors (Lipinski definition) is 3. The van der Waals surface area contributed by atoms with Gasteiger partial charge in [0.15, 0.2) is 0 Å². The van der Waals surface area contributed by atoms with Gasteiger partial charge in [0.2, 0.25) is 0 Å². The lowest BCUT2D eigenvalue weighted by Crippen LogP contribution is -2.21. The van der Waals surface area contributed by atoms with Crippen molar-refractivity contribution in [1.82, 2.24) is 0 Å². The van der Waals surface area contributed by atoms with E-state index in [1.165, 1.54) is 0 Å². The fourth-order valence-electron chi connectivity index (χ4n) is 2.54. The molecule has 1 heterocycles. The Balaban J connectivity index is 1.79. The summed E-state index contributed by atoms with van der Waals surface area (Å²) in [5.74, 6) is 1.53. The zero-order chi connectivity index (χ0) is 13.1. The molecule has 0 amide bonds. The van der Waals surface area contributed by atoms with Gasteiger partial charge in [-0.2, -0.15) is 0 Å². The molecule has 0 aliphatic carbocycles. The number of anilines is 1. The fraction of sp³-hybridized carbons (Fsp3) is 0.375. The average molecular weight is 257 g/mol. The van der Waals surface area contributed by atoms with E-state index in [9.17, 15) is 0 Å². The molecule has 2 aromatic carbocycles. The predicted octanol–water partition coefficient (Wildman–Crippen LogP) is 3.23. The highest BCUT2D eigenvalue weighted by molar-refractivity contribution is 5.96. The van der Waals surface area contributed by atoms with Gasteiger partial charge in [0.05, 0.1) is 6.61 Å². The van der Waals surface area contributed by atoms with Crippen LogP contribution in [0.25, 0.3) is 10.8 Å². The van der Waals surface area contributed by atoms with E-state index in [-0.39, 0.29) is 0 Å². The maximum Gasteiger partial charge on any atom is 0.127 e. The van der Waals surface area contributed by atoms with E-state index in [4.69, 9.17) is 15.2 Å². The molecule has 0 bridgehead atoms. The Morgan fingerprint density at radius 3 is 2.58 bits per heavy atom. The van der Waals surface area contributed by atoms with E-state index in [1.807, 2.05) is 30.3 Å². The summed E-state index contributed by atoms with van der Waals surface area (Å²) in [4.78, 5) is 0. The van der Waals surface area contributed by atoms with Crippen LogP contribution in [0.2, 0.25) is 0 Å². The maximum atomic E-state index is 6.00. The number of benzene rings is 2. The molecule has 3 rings (SSSR count). The zero-order valence-corrected chi connectivity index (χ0v) is 11.0. The molecule has 0 radical (unpaired) electrons. The molecule has 1 fully saturated rings. The summed E-state index contributed by atoms with van der Waals surface area (Å²) in [6, 6.07) is 12.0. The van der Waals surface area contributed by atoms with Crippen LogP contribution in [0.1, 0.15) is 12.8 Å². The Kier molecular flexibility index (Phi) is 3.56. The van der Waals surface area contributed by atoms with E-state index < -0.39 is 0 Å². The topological polar surface area (TPSA) is 44.5 Å². The summed E-state index contributed by atoms with van der Waals surface area (Å²) < 4.78 is 11.4. The molecule has 0 aromatic heterocycles. The van der Waals surface area contributed by atoms with Gasteiger partial charge in [0.1, 0.15) is 5.75 Å². The summed E-state index contributed by atoms with van der Waals surface area (Å²) in [5.41, 5.74) is 6.79. The third kappa shape index (κ3) is 2.66. The van der Waals surface area contributed by atoms with Gasteiger partial charge < -0.3 is 15.2 Å². The molecule has 0 saturated carbocycles. The van der Waals surface area contributed by atoms with Crippen molar-refractivity contribution in [2.45, 2.75) is 12.8 Å². The first kappa shape index (κ1) is 12.3. The average Bonchev–Trinajstić information content (AvgIpc) is 2.48. The standard InChI is InChI=1S/C16H19NO2/c17-15-5-6-16(14-4-2-1-3-13(14)15)19-11-12-7-9-18-10-8-12/h1-6,12H,7-11,17H2. The highest BCUT2D eigenvalue weighted by Crippen LogP contribution is 2.30. The SMILES string of the molecule is Nc1ccc(OCC2CCOCC2)c2ccccc12. The number of fused-ring (bicyclic) bond motifs is 1. The summed E-state index contributed by atoms with van der Waals surface area (Å²) in [6.45, 7) is 2.48. The third-order valence-electron chi connectivity index (χ3n) is 3.73. The van der Waals surface area contributed by atoms with E-state index in [1.54, 1.807) is 0 Å². The van der Waals surface area contributed by atoms with Gasteiger partial charge in [-0.25, -0.2) is 0 Å². The van der Waals surface area contributed by atoms with Gasteiger partial charge in [0.25, 0.3) is 0 Å². The summed E-state index contributed by atoms with van der Waals surface area (Å²) in [7, 11) is 0. The summed E-state index contributed by atoms with van der Waals surface area (Å²) in [6.07, 6.45) is 2.18. The molecule has 1 saturated heterocycles. The molecular weight excluding hydrogens is 238 g/mol. The van der Waals surface area contributed by atoms with Crippen LogP contribution >= 0.6 is 0 Å². The van der Waals surface area contributed by atoms with Crippen molar-refractivity contribution >= 4 is 16.5 Å². The van der Waals surface area contributed by atoms with Crippen LogP contribution in [0, 0.1) is 5.92 Å². The number of nitrogen functional groups attached to an aromatic ring is 1. The van der Waals surface area contributed by atoms with Crippen LogP contribution in [0.15, 0.2) is 36.4 Å². The highest BCUT2D eigenvalue weighted by atomic mass is 16.5. The Morgan fingerprint density at radius 2 is 1.79 bits per heavy atom.